The number of aromatic amines is 1. The number of aromatic nitrogens is 2. The van der Waals surface area contributed by atoms with Gasteiger partial charge in [0, 0.05) is 13.0 Å². The maximum Gasteiger partial charge on any atom is 0.329 e. The predicted molar refractivity (Wildman–Crippen MR) is 52.7 cm³/mol. The molecule has 7 nitrogen and oxygen atoms in total. The van der Waals surface area contributed by atoms with Crippen LogP contribution in [0.15, 0.2) is 15.7 Å². The molecule has 1 N–H and O–H groups in total. The van der Waals surface area contributed by atoms with Crippen molar-refractivity contribution in [2.45, 2.75) is 13.5 Å². The zero-order valence-corrected chi connectivity index (χ0v) is 8.52. The highest BCUT2D eigenvalue weighted by Gasteiger charge is 2.05. The highest BCUT2D eigenvalue weighted by Crippen LogP contribution is 1.90. The third-order valence-corrected chi connectivity index (χ3v) is 1.77. The van der Waals surface area contributed by atoms with Crippen LogP contribution in [0, 0.1) is 11.3 Å². The molecule has 0 bridgehead atoms. The van der Waals surface area contributed by atoms with Crippen LogP contribution in [0.1, 0.15) is 12.6 Å². The monoisotopic (exact) mass is 223 g/mol. The van der Waals surface area contributed by atoms with Gasteiger partial charge in [-0.2, -0.15) is 5.26 Å². The van der Waals surface area contributed by atoms with E-state index in [9.17, 15) is 14.4 Å². The Hall–Kier alpha value is -2.36. The molecular weight excluding hydrogens is 214 g/mol. The highest BCUT2D eigenvalue weighted by molar-refractivity contribution is 5.65. The van der Waals surface area contributed by atoms with E-state index in [1.807, 2.05) is 4.98 Å². The second-order valence-corrected chi connectivity index (χ2v) is 2.93. The van der Waals surface area contributed by atoms with Crippen molar-refractivity contribution in [2.24, 2.45) is 0 Å². The number of carbonyl (C=O) groups excluding carboxylic acids is 1. The molecular formula is C9H9N3O4. The number of hydrogen-bond acceptors (Lipinski definition) is 5. The Morgan fingerprint density at radius 3 is 2.88 bits per heavy atom. The Morgan fingerprint density at radius 1 is 1.62 bits per heavy atom. The number of carbonyl (C=O) groups is 1. The molecule has 0 unspecified atom stereocenters. The summed E-state index contributed by atoms with van der Waals surface area (Å²) in [6, 6.07) is 2.73. The van der Waals surface area contributed by atoms with Crippen LogP contribution in [0.25, 0.3) is 0 Å². The molecule has 0 saturated heterocycles. The number of nitrogens with zero attached hydrogens (tertiary/aromatic N) is 2. The third-order valence-electron chi connectivity index (χ3n) is 1.77. The van der Waals surface area contributed by atoms with E-state index in [-0.39, 0.29) is 18.8 Å². The number of nitriles is 1. The zero-order valence-electron chi connectivity index (χ0n) is 8.52. The number of H-pyrrole nitrogens is 1. The maximum atomic E-state index is 11.3. The first-order chi connectivity index (χ1) is 7.54. The van der Waals surface area contributed by atoms with Crippen molar-refractivity contribution < 1.29 is 9.53 Å². The van der Waals surface area contributed by atoms with Crippen molar-refractivity contribution in [1.29, 1.82) is 5.26 Å². The second kappa shape index (κ2) is 4.93. The van der Waals surface area contributed by atoms with Gasteiger partial charge in [-0.15, -0.1) is 0 Å². The van der Waals surface area contributed by atoms with E-state index in [2.05, 4.69) is 4.74 Å². The fourth-order valence-electron chi connectivity index (χ4n) is 1.12. The minimum atomic E-state index is -0.698. The molecule has 0 aliphatic carbocycles. The largest absolute Gasteiger partial charge is 0.464 e. The first kappa shape index (κ1) is 11.7. The van der Waals surface area contributed by atoms with Gasteiger partial charge in [-0.1, -0.05) is 0 Å². The summed E-state index contributed by atoms with van der Waals surface area (Å²) in [5.41, 5.74) is -1.40. The van der Waals surface area contributed by atoms with Gasteiger partial charge in [-0.05, 0) is 0 Å². The van der Waals surface area contributed by atoms with Crippen molar-refractivity contribution >= 4 is 5.97 Å². The lowest BCUT2D eigenvalue weighted by Gasteiger charge is -2.06. The lowest BCUT2D eigenvalue weighted by atomic mass is 10.4. The fourth-order valence-corrected chi connectivity index (χ4v) is 1.12. The molecule has 0 spiro atoms. The first-order valence-corrected chi connectivity index (χ1v) is 4.42. The minimum Gasteiger partial charge on any atom is -0.464 e. The Kier molecular flexibility index (Phi) is 3.61. The zero-order chi connectivity index (χ0) is 12.1. The molecule has 0 saturated carbocycles. The van der Waals surface area contributed by atoms with Gasteiger partial charge in [0.2, 0.25) is 0 Å². The van der Waals surface area contributed by atoms with E-state index in [0.717, 1.165) is 10.6 Å². The van der Waals surface area contributed by atoms with Gasteiger partial charge < -0.3 is 4.74 Å². The summed E-state index contributed by atoms with van der Waals surface area (Å²) in [6.07, 6.45) is 0. The molecule has 1 aromatic heterocycles. The molecule has 16 heavy (non-hydrogen) atoms. The van der Waals surface area contributed by atoms with Gasteiger partial charge >= 0.3 is 11.7 Å². The molecule has 84 valence electrons. The van der Waals surface area contributed by atoms with Gasteiger partial charge in [0.1, 0.15) is 18.4 Å². The van der Waals surface area contributed by atoms with Crippen LogP contribution in [0.2, 0.25) is 0 Å². The van der Waals surface area contributed by atoms with Crippen LogP contribution < -0.4 is 11.2 Å². The Bertz CT molecular complexity index is 549. The first-order valence-electron chi connectivity index (χ1n) is 4.42. The summed E-state index contributed by atoms with van der Waals surface area (Å²) in [7, 11) is 0. The highest BCUT2D eigenvalue weighted by atomic mass is 16.5. The summed E-state index contributed by atoms with van der Waals surface area (Å²) in [5, 5.41) is 8.71. The molecule has 0 aliphatic rings. The van der Waals surface area contributed by atoms with Crippen molar-refractivity contribution in [3.05, 3.63) is 32.6 Å². The van der Waals surface area contributed by atoms with Crippen molar-refractivity contribution in [2.75, 3.05) is 6.61 Å². The van der Waals surface area contributed by atoms with Crippen molar-refractivity contribution in [1.82, 2.24) is 9.55 Å². The number of esters is 1. The van der Waals surface area contributed by atoms with E-state index in [4.69, 9.17) is 5.26 Å². The molecule has 7 heteroatoms. The van der Waals surface area contributed by atoms with Crippen molar-refractivity contribution in [3.63, 3.8) is 0 Å². The van der Waals surface area contributed by atoms with Crippen LogP contribution in [-0.4, -0.2) is 22.1 Å². The number of ether oxygens (including phenoxy) is 1. The molecule has 0 aromatic carbocycles. The van der Waals surface area contributed by atoms with Crippen LogP contribution in [-0.2, 0) is 16.1 Å². The van der Waals surface area contributed by atoms with Gasteiger partial charge in [0.15, 0.2) is 0 Å². The number of rotatable bonds is 3. The molecule has 0 atom stereocenters. The number of hydrogen-bond donors (Lipinski definition) is 1. The fraction of sp³-hybridized carbons (Fsp3) is 0.333. The molecule has 0 amide bonds. The van der Waals surface area contributed by atoms with Gasteiger partial charge in [0.05, 0.1) is 6.54 Å². The second-order valence-electron chi connectivity index (χ2n) is 2.93. The minimum absolute atomic E-state index is 0.0259. The molecule has 0 fully saturated rings. The van der Waals surface area contributed by atoms with E-state index in [1.165, 1.54) is 6.92 Å². The van der Waals surface area contributed by atoms with Crippen molar-refractivity contribution in [3.8, 4) is 6.07 Å². The molecule has 0 radical (unpaired) electrons. The Morgan fingerprint density at radius 2 is 2.31 bits per heavy atom. The topological polar surface area (TPSA) is 105 Å². The maximum absolute atomic E-state index is 11.3. The van der Waals surface area contributed by atoms with Crippen LogP contribution in [0.4, 0.5) is 0 Å². The summed E-state index contributed by atoms with van der Waals surface area (Å²) < 4.78 is 5.66. The van der Waals surface area contributed by atoms with Crippen LogP contribution in [0.3, 0.4) is 0 Å². The lowest BCUT2D eigenvalue weighted by Crippen LogP contribution is -2.32. The SMILES string of the molecule is CC(=O)OCCn1c(C#N)cc(=O)[nH]c1=O. The van der Waals surface area contributed by atoms with E-state index in [1.54, 1.807) is 6.07 Å². The summed E-state index contributed by atoms with van der Waals surface area (Å²) in [6.45, 7) is 1.23. The standard InChI is InChI=1S/C9H9N3O4/c1-6(13)16-3-2-12-7(5-10)4-8(14)11-9(12)15/h4H,2-3H2,1H3,(H,11,14,15). The van der Waals surface area contributed by atoms with Crippen LogP contribution in [0.5, 0.6) is 0 Å². The summed E-state index contributed by atoms with van der Waals surface area (Å²) >= 11 is 0. The van der Waals surface area contributed by atoms with E-state index in [0.29, 0.717) is 0 Å². The summed E-state index contributed by atoms with van der Waals surface area (Å²) in [5.74, 6) is -0.476. The Labute approximate surface area is 89.9 Å². The average molecular weight is 223 g/mol. The lowest BCUT2D eigenvalue weighted by molar-refractivity contribution is -0.141. The van der Waals surface area contributed by atoms with E-state index >= 15 is 0 Å². The number of nitrogens with one attached hydrogen (secondary N) is 1. The smallest absolute Gasteiger partial charge is 0.329 e. The molecule has 0 aliphatic heterocycles. The third kappa shape index (κ3) is 2.81. The normalized spacial score (nSPS) is 9.50. The van der Waals surface area contributed by atoms with E-state index < -0.39 is 17.2 Å². The summed E-state index contributed by atoms with van der Waals surface area (Å²) in [4.78, 5) is 34.7. The molecule has 1 aromatic rings. The molecule has 1 rings (SSSR count). The Balaban J connectivity index is 2.96. The van der Waals surface area contributed by atoms with Gasteiger partial charge in [0.25, 0.3) is 5.56 Å². The van der Waals surface area contributed by atoms with Gasteiger partial charge in [-0.3, -0.25) is 19.1 Å². The van der Waals surface area contributed by atoms with Crippen LogP contribution >= 0.6 is 0 Å². The molecule has 1 heterocycles. The van der Waals surface area contributed by atoms with Gasteiger partial charge in [-0.25, -0.2) is 4.79 Å². The quantitative estimate of drug-likeness (QED) is 0.659. The predicted octanol–water partition coefficient (Wildman–Crippen LogP) is -1.03. The average Bonchev–Trinajstić information content (AvgIpc) is 2.20.